The highest BCUT2D eigenvalue weighted by Gasteiger charge is 2.24. The third-order valence-corrected chi connectivity index (χ3v) is 4.97. The van der Waals surface area contributed by atoms with Gasteiger partial charge >= 0.3 is 6.01 Å². The molecule has 1 aromatic carbocycles. The van der Waals surface area contributed by atoms with E-state index in [1.807, 2.05) is 13.8 Å². The summed E-state index contributed by atoms with van der Waals surface area (Å²) >= 11 is 0. The Morgan fingerprint density at radius 2 is 1.92 bits per heavy atom. The Labute approximate surface area is 145 Å². The van der Waals surface area contributed by atoms with E-state index < -0.39 is 21.0 Å². The lowest BCUT2D eigenvalue weighted by molar-refractivity contribution is -0.384. The zero-order valence-electron chi connectivity index (χ0n) is 14.0. The minimum absolute atomic E-state index is 0.0717. The monoisotopic (exact) mass is 369 g/mol. The summed E-state index contributed by atoms with van der Waals surface area (Å²) in [6.07, 6.45) is 0. The van der Waals surface area contributed by atoms with Gasteiger partial charge in [0.05, 0.1) is 22.5 Å². The number of benzene rings is 1. The fourth-order valence-electron chi connectivity index (χ4n) is 2.25. The van der Waals surface area contributed by atoms with E-state index in [1.165, 1.54) is 12.1 Å². The number of aromatic nitrogens is 3. The summed E-state index contributed by atoms with van der Waals surface area (Å²) in [6.45, 7) is 6.25. The van der Waals surface area contributed by atoms with Crippen LogP contribution in [0.3, 0.4) is 0 Å². The predicted octanol–water partition coefficient (Wildman–Crippen LogP) is 1.64. The fourth-order valence-corrected chi connectivity index (χ4v) is 3.46. The molecule has 0 aliphatic carbocycles. The number of hydrogen-bond donors (Lipinski definition) is 1. The Morgan fingerprint density at radius 3 is 2.44 bits per heavy atom. The zero-order chi connectivity index (χ0) is 18.6. The Balaban J connectivity index is 2.24. The molecule has 0 fully saturated rings. The van der Waals surface area contributed by atoms with E-state index in [9.17, 15) is 18.5 Å². The van der Waals surface area contributed by atoms with Crippen molar-refractivity contribution in [2.75, 3.05) is 6.61 Å². The standard InChI is InChI=1S/C14H19N5O5S/c1-4-18-13(15-16-14(18)24-5-2)10(3)17-25(22,23)12-8-6-11(7-9-12)19(20)21/h6-10,17H,4-5H2,1-3H3/t10-/m1/s1. The highest BCUT2D eigenvalue weighted by Crippen LogP contribution is 2.21. The maximum Gasteiger partial charge on any atom is 0.316 e. The van der Waals surface area contributed by atoms with Gasteiger partial charge in [0.15, 0.2) is 5.82 Å². The summed E-state index contributed by atoms with van der Waals surface area (Å²) in [5, 5.41) is 18.6. The molecule has 136 valence electrons. The Morgan fingerprint density at radius 1 is 1.28 bits per heavy atom. The molecular weight excluding hydrogens is 350 g/mol. The fraction of sp³-hybridized carbons (Fsp3) is 0.429. The van der Waals surface area contributed by atoms with Crippen LogP contribution in [0.4, 0.5) is 5.69 Å². The van der Waals surface area contributed by atoms with Gasteiger partial charge in [-0.2, -0.15) is 0 Å². The van der Waals surface area contributed by atoms with E-state index in [2.05, 4.69) is 14.9 Å². The lowest BCUT2D eigenvalue weighted by Crippen LogP contribution is -2.29. The highest BCUT2D eigenvalue weighted by atomic mass is 32.2. The highest BCUT2D eigenvalue weighted by molar-refractivity contribution is 7.89. The van der Waals surface area contributed by atoms with E-state index in [0.717, 1.165) is 12.1 Å². The van der Waals surface area contributed by atoms with Crippen molar-refractivity contribution in [3.63, 3.8) is 0 Å². The van der Waals surface area contributed by atoms with E-state index >= 15 is 0 Å². The summed E-state index contributed by atoms with van der Waals surface area (Å²) in [5.74, 6) is 0.413. The first-order chi connectivity index (χ1) is 11.8. The Kier molecular flexibility index (Phi) is 5.69. The van der Waals surface area contributed by atoms with Crippen molar-refractivity contribution in [3.8, 4) is 6.01 Å². The van der Waals surface area contributed by atoms with Crippen molar-refractivity contribution in [2.24, 2.45) is 0 Å². The second-order valence-corrected chi connectivity index (χ2v) is 6.83. The summed E-state index contributed by atoms with van der Waals surface area (Å²) in [4.78, 5) is 10.00. The van der Waals surface area contributed by atoms with Crippen molar-refractivity contribution in [2.45, 2.75) is 38.3 Å². The van der Waals surface area contributed by atoms with Gasteiger partial charge in [-0.05, 0) is 32.9 Å². The molecule has 0 aliphatic rings. The first kappa shape index (κ1) is 18.8. The van der Waals surface area contributed by atoms with E-state index in [-0.39, 0.29) is 10.6 Å². The van der Waals surface area contributed by atoms with Crippen molar-refractivity contribution in [3.05, 3.63) is 40.2 Å². The van der Waals surface area contributed by atoms with Crippen LogP contribution in [0.5, 0.6) is 6.01 Å². The van der Waals surface area contributed by atoms with Crippen LogP contribution in [0.2, 0.25) is 0 Å². The lowest BCUT2D eigenvalue weighted by Gasteiger charge is -2.15. The molecule has 0 bridgehead atoms. The quantitative estimate of drug-likeness (QED) is 0.553. The molecule has 0 unspecified atom stereocenters. The first-order valence-corrected chi connectivity index (χ1v) is 9.11. The van der Waals surface area contributed by atoms with Gasteiger partial charge in [-0.15, -0.1) is 5.10 Å². The molecule has 1 aromatic heterocycles. The van der Waals surface area contributed by atoms with Crippen LogP contribution >= 0.6 is 0 Å². The normalized spacial score (nSPS) is 12.8. The van der Waals surface area contributed by atoms with Gasteiger partial charge in [0.2, 0.25) is 10.0 Å². The largest absolute Gasteiger partial charge is 0.464 e. The van der Waals surface area contributed by atoms with Gasteiger partial charge in [-0.25, -0.2) is 13.1 Å². The Hall–Kier alpha value is -2.53. The number of nitrogens with one attached hydrogen (secondary N) is 1. The topological polar surface area (TPSA) is 129 Å². The average molecular weight is 369 g/mol. The summed E-state index contributed by atoms with van der Waals surface area (Å²) in [7, 11) is -3.87. The van der Waals surface area contributed by atoms with Gasteiger partial charge in [0.1, 0.15) is 0 Å². The van der Waals surface area contributed by atoms with Crippen LogP contribution in [0, 0.1) is 10.1 Å². The molecule has 0 radical (unpaired) electrons. The predicted molar refractivity (Wildman–Crippen MR) is 88.7 cm³/mol. The van der Waals surface area contributed by atoms with Gasteiger partial charge in [0, 0.05) is 18.7 Å². The van der Waals surface area contributed by atoms with Crippen LogP contribution < -0.4 is 9.46 Å². The molecule has 1 atom stereocenters. The van der Waals surface area contributed by atoms with Gasteiger partial charge in [-0.1, -0.05) is 5.10 Å². The lowest BCUT2D eigenvalue weighted by atomic mass is 10.3. The van der Waals surface area contributed by atoms with Gasteiger partial charge < -0.3 is 4.74 Å². The van der Waals surface area contributed by atoms with Crippen LogP contribution in [0.1, 0.15) is 32.6 Å². The number of nitrogens with zero attached hydrogens (tertiary/aromatic N) is 4. The third-order valence-electron chi connectivity index (χ3n) is 3.41. The third kappa shape index (κ3) is 4.12. The number of non-ortho nitro benzene ring substituents is 1. The van der Waals surface area contributed by atoms with E-state index in [4.69, 9.17) is 4.74 Å². The minimum atomic E-state index is -3.87. The average Bonchev–Trinajstić information content (AvgIpc) is 2.97. The second kappa shape index (κ2) is 7.57. The summed E-state index contributed by atoms with van der Waals surface area (Å²) < 4.78 is 34.4. The van der Waals surface area contributed by atoms with Crippen molar-refractivity contribution in [1.29, 1.82) is 0 Å². The van der Waals surface area contributed by atoms with Crippen LogP contribution in [0.15, 0.2) is 29.2 Å². The molecule has 10 nitrogen and oxygen atoms in total. The maximum atomic E-state index is 12.5. The summed E-state index contributed by atoms with van der Waals surface area (Å²) in [5.41, 5.74) is -0.181. The second-order valence-electron chi connectivity index (χ2n) is 5.11. The number of rotatable bonds is 8. The molecule has 0 saturated heterocycles. The first-order valence-electron chi connectivity index (χ1n) is 7.62. The SMILES string of the molecule is CCOc1nnc([C@@H](C)NS(=O)(=O)c2ccc([N+](=O)[O-])cc2)n1CC. The molecule has 25 heavy (non-hydrogen) atoms. The molecule has 2 rings (SSSR count). The number of nitro benzene ring substituents is 1. The molecule has 1 N–H and O–H groups in total. The van der Waals surface area contributed by atoms with Gasteiger partial charge in [-0.3, -0.25) is 14.7 Å². The maximum absolute atomic E-state index is 12.5. The van der Waals surface area contributed by atoms with Crippen molar-refractivity contribution >= 4 is 15.7 Å². The van der Waals surface area contributed by atoms with Crippen LogP contribution in [-0.2, 0) is 16.6 Å². The minimum Gasteiger partial charge on any atom is -0.464 e. The zero-order valence-corrected chi connectivity index (χ0v) is 14.9. The molecule has 0 amide bonds. The van der Waals surface area contributed by atoms with Crippen LogP contribution in [0.25, 0.3) is 0 Å². The molecule has 1 heterocycles. The van der Waals surface area contributed by atoms with E-state index in [0.29, 0.717) is 25.0 Å². The number of sulfonamides is 1. The molecule has 0 spiro atoms. The number of nitro groups is 1. The van der Waals surface area contributed by atoms with E-state index in [1.54, 1.807) is 11.5 Å². The van der Waals surface area contributed by atoms with Crippen molar-refractivity contribution < 1.29 is 18.1 Å². The summed E-state index contributed by atoms with van der Waals surface area (Å²) in [6, 6.07) is 4.30. The molecule has 11 heteroatoms. The van der Waals surface area contributed by atoms with Crippen LogP contribution in [-0.4, -0.2) is 34.7 Å². The Bertz CT molecular complexity index is 847. The molecule has 0 saturated carbocycles. The molecule has 2 aromatic rings. The number of ether oxygens (including phenoxy) is 1. The molecule has 0 aliphatic heterocycles. The smallest absolute Gasteiger partial charge is 0.316 e. The molecular formula is C14H19N5O5S. The van der Waals surface area contributed by atoms with Crippen molar-refractivity contribution in [1.82, 2.24) is 19.5 Å². The van der Waals surface area contributed by atoms with Gasteiger partial charge in [0.25, 0.3) is 5.69 Å². The number of hydrogen-bond acceptors (Lipinski definition) is 7.